The first-order valence-corrected chi connectivity index (χ1v) is 10.9. The predicted octanol–water partition coefficient (Wildman–Crippen LogP) is 3.15. The van der Waals surface area contributed by atoms with E-state index in [-0.39, 0.29) is 17.5 Å². The molecule has 25 heavy (non-hydrogen) atoms. The number of anilines is 1. The van der Waals surface area contributed by atoms with Crippen LogP contribution in [0.2, 0.25) is 0 Å². The van der Waals surface area contributed by atoms with Gasteiger partial charge in [-0.1, -0.05) is 47.7 Å². The van der Waals surface area contributed by atoms with Crippen LogP contribution in [0.5, 0.6) is 0 Å². The minimum absolute atomic E-state index is 0.116. The highest BCUT2D eigenvalue weighted by atomic mass is 32.2. The summed E-state index contributed by atoms with van der Waals surface area (Å²) in [5.41, 5.74) is 1.01. The molecule has 2 heterocycles. The lowest BCUT2D eigenvalue weighted by Crippen LogP contribution is -2.20. The molecule has 9 heteroatoms. The lowest BCUT2D eigenvalue weighted by molar-refractivity contribution is 0.135. The molecule has 0 radical (unpaired) electrons. The Morgan fingerprint density at radius 2 is 1.92 bits per heavy atom. The topological polar surface area (TPSA) is 81.2 Å². The van der Waals surface area contributed by atoms with Crippen molar-refractivity contribution in [1.29, 1.82) is 0 Å². The van der Waals surface area contributed by atoms with Crippen LogP contribution in [-0.2, 0) is 27.8 Å². The number of hydrogen-bond acceptors (Lipinski definition) is 7. The minimum atomic E-state index is -3.50. The summed E-state index contributed by atoms with van der Waals surface area (Å²) in [7, 11) is -3.50. The molecule has 0 amide bonds. The Kier molecular flexibility index (Phi) is 6.14. The number of ether oxygens (including phenoxy) is 1. The normalized spacial score (nSPS) is 11.5. The zero-order valence-corrected chi connectivity index (χ0v) is 15.7. The van der Waals surface area contributed by atoms with E-state index >= 15 is 0 Å². The van der Waals surface area contributed by atoms with Gasteiger partial charge in [0.25, 0.3) is 0 Å². The van der Waals surface area contributed by atoms with Gasteiger partial charge in [0.05, 0.1) is 19.0 Å². The van der Waals surface area contributed by atoms with Crippen LogP contribution in [0.15, 0.2) is 47.8 Å². The zero-order chi connectivity index (χ0) is 17.5. The fourth-order valence-electron chi connectivity index (χ4n) is 2.05. The molecule has 0 aliphatic heterocycles. The molecule has 0 fully saturated rings. The monoisotopic (exact) mass is 395 g/mol. The van der Waals surface area contributed by atoms with E-state index in [1.165, 1.54) is 16.2 Å². The molecule has 1 N–H and O–H groups in total. The van der Waals surface area contributed by atoms with E-state index in [0.717, 1.165) is 10.6 Å². The molecule has 0 saturated heterocycles. The number of nitrogens with zero attached hydrogens (tertiary/aromatic N) is 2. The van der Waals surface area contributed by atoms with Crippen molar-refractivity contribution in [2.45, 2.75) is 13.0 Å². The van der Waals surface area contributed by atoms with E-state index in [1.807, 2.05) is 47.8 Å². The van der Waals surface area contributed by atoms with E-state index in [2.05, 4.69) is 14.9 Å². The maximum absolute atomic E-state index is 12.1. The summed E-state index contributed by atoms with van der Waals surface area (Å²) in [5, 5.41) is 11.0. The van der Waals surface area contributed by atoms with Gasteiger partial charge in [-0.05, 0) is 17.0 Å². The number of sulfonamides is 1. The second kappa shape index (κ2) is 8.52. The Balaban J connectivity index is 1.45. The van der Waals surface area contributed by atoms with Crippen LogP contribution in [0.25, 0.3) is 0 Å². The van der Waals surface area contributed by atoms with Gasteiger partial charge in [0.15, 0.2) is 0 Å². The molecule has 1 aromatic carbocycles. The van der Waals surface area contributed by atoms with Crippen LogP contribution in [0.4, 0.5) is 5.13 Å². The van der Waals surface area contributed by atoms with Crippen LogP contribution in [0.1, 0.15) is 15.4 Å². The minimum Gasteiger partial charge on any atom is -0.376 e. The van der Waals surface area contributed by atoms with Crippen LogP contribution in [-0.4, -0.2) is 31.0 Å². The summed E-state index contributed by atoms with van der Waals surface area (Å²) >= 11 is 2.88. The molecule has 0 aliphatic carbocycles. The number of thiophene rings is 1. The number of nitrogens with one attached hydrogen (secondary N) is 1. The molecular weight excluding hydrogens is 378 g/mol. The molecule has 3 aromatic rings. The molecular formula is C16H17N3O3S3. The number of rotatable bonds is 9. The van der Waals surface area contributed by atoms with Gasteiger partial charge in [-0.15, -0.1) is 21.5 Å². The average molecular weight is 396 g/mol. The maximum atomic E-state index is 12.1. The fourth-order valence-corrected chi connectivity index (χ4v) is 4.75. The van der Waals surface area contributed by atoms with Crippen LogP contribution < -0.4 is 4.72 Å². The maximum Gasteiger partial charge on any atom is 0.236 e. The Bertz CT molecular complexity index is 878. The smallest absolute Gasteiger partial charge is 0.236 e. The molecule has 0 atom stereocenters. The molecule has 0 saturated carbocycles. The summed E-state index contributed by atoms with van der Waals surface area (Å²) in [4.78, 5) is 1.17. The Hall–Kier alpha value is -1.81. The van der Waals surface area contributed by atoms with Crippen molar-refractivity contribution in [2.24, 2.45) is 0 Å². The summed E-state index contributed by atoms with van der Waals surface area (Å²) in [6, 6.07) is 13.6. The first-order chi connectivity index (χ1) is 12.1. The van der Waals surface area contributed by atoms with Crippen LogP contribution in [0, 0.1) is 0 Å². The Morgan fingerprint density at radius 3 is 2.68 bits per heavy atom. The quantitative estimate of drug-likeness (QED) is 0.563. The average Bonchev–Trinajstić information content (AvgIpc) is 3.25. The molecule has 0 aliphatic rings. The zero-order valence-electron chi connectivity index (χ0n) is 13.3. The molecule has 0 bridgehead atoms. The Morgan fingerprint density at radius 1 is 1.08 bits per heavy atom. The van der Waals surface area contributed by atoms with Gasteiger partial charge in [-0.2, -0.15) is 0 Å². The lowest BCUT2D eigenvalue weighted by Gasteiger charge is -2.06. The highest BCUT2D eigenvalue weighted by Crippen LogP contribution is 2.21. The van der Waals surface area contributed by atoms with Crippen molar-refractivity contribution in [3.05, 3.63) is 63.3 Å². The summed E-state index contributed by atoms with van der Waals surface area (Å²) in [6.45, 7) is 0.505. The molecule has 0 unspecified atom stereocenters. The SMILES string of the molecule is O=S(=O)(CCOCc1ccccc1)Nc1nnc(Cc2cccs2)s1. The van der Waals surface area contributed by atoms with Crippen molar-refractivity contribution in [1.82, 2.24) is 10.2 Å². The van der Waals surface area contributed by atoms with Gasteiger partial charge in [0, 0.05) is 11.3 Å². The first-order valence-electron chi connectivity index (χ1n) is 7.58. The Labute approximate surface area is 154 Å². The molecule has 3 rings (SSSR count). The molecule has 132 valence electrons. The van der Waals surface area contributed by atoms with Gasteiger partial charge in [-0.25, -0.2) is 8.42 Å². The van der Waals surface area contributed by atoms with E-state index < -0.39 is 10.0 Å². The third-order valence-electron chi connectivity index (χ3n) is 3.22. The van der Waals surface area contributed by atoms with Crippen molar-refractivity contribution in [3.8, 4) is 0 Å². The highest BCUT2D eigenvalue weighted by molar-refractivity contribution is 7.92. The third kappa shape index (κ3) is 5.89. The fraction of sp³-hybridized carbons (Fsp3) is 0.250. The van der Waals surface area contributed by atoms with Gasteiger partial charge in [0.2, 0.25) is 15.2 Å². The summed E-state index contributed by atoms with van der Waals surface area (Å²) in [6.07, 6.45) is 0.664. The molecule has 6 nitrogen and oxygen atoms in total. The first kappa shape index (κ1) is 18.0. The largest absolute Gasteiger partial charge is 0.376 e. The van der Waals surface area contributed by atoms with E-state index in [0.29, 0.717) is 13.0 Å². The van der Waals surface area contributed by atoms with Crippen molar-refractivity contribution in [3.63, 3.8) is 0 Å². The second-order valence-electron chi connectivity index (χ2n) is 5.22. The van der Waals surface area contributed by atoms with Crippen LogP contribution in [0.3, 0.4) is 0 Å². The second-order valence-corrected chi connectivity index (χ2v) is 9.15. The number of aromatic nitrogens is 2. The molecule has 2 aromatic heterocycles. The van der Waals surface area contributed by atoms with E-state index in [9.17, 15) is 8.42 Å². The summed E-state index contributed by atoms with van der Waals surface area (Å²) in [5.74, 6) is -0.125. The van der Waals surface area contributed by atoms with Gasteiger partial charge < -0.3 is 4.74 Å². The molecule has 0 spiro atoms. The van der Waals surface area contributed by atoms with E-state index in [4.69, 9.17) is 4.74 Å². The van der Waals surface area contributed by atoms with Gasteiger partial charge in [0.1, 0.15) is 5.01 Å². The van der Waals surface area contributed by atoms with E-state index in [1.54, 1.807) is 11.3 Å². The van der Waals surface area contributed by atoms with Crippen molar-refractivity contribution < 1.29 is 13.2 Å². The lowest BCUT2D eigenvalue weighted by atomic mass is 10.2. The highest BCUT2D eigenvalue weighted by Gasteiger charge is 2.14. The van der Waals surface area contributed by atoms with Crippen LogP contribution >= 0.6 is 22.7 Å². The van der Waals surface area contributed by atoms with Gasteiger partial charge in [-0.3, -0.25) is 4.72 Å². The van der Waals surface area contributed by atoms with Crippen molar-refractivity contribution >= 4 is 37.8 Å². The van der Waals surface area contributed by atoms with Gasteiger partial charge >= 0.3 is 0 Å². The third-order valence-corrected chi connectivity index (χ3v) is 6.28. The summed E-state index contributed by atoms with van der Waals surface area (Å²) < 4.78 is 32.1. The van der Waals surface area contributed by atoms with Crippen molar-refractivity contribution in [2.75, 3.05) is 17.1 Å². The standard InChI is InChI=1S/C16H17N3O3S3/c20-25(21,10-8-22-12-13-5-2-1-3-6-13)19-16-18-17-15(24-16)11-14-7-4-9-23-14/h1-7,9H,8,10-12H2,(H,18,19). The number of hydrogen-bond donors (Lipinski definition) is 1. The number of benzene rings is 1. The predicted molar refractivity (Wildman–Crippen MR) is 101 cm³/mol.